The maximum Gasteiger partial charge on any atom is 0.191 e. The average molecular weight is 506 g/mol. The van der Waals surface area contributed by atoms with Gasteiger partial charge in [-0.15, -0.1) is 24.0 Å². The summed E-state index contributed by atoms with van der Waals surface area (Å²) in [6.45, 7) is 1.59. The molecule has 28 heavy (non-hydrogen) atoms. The number of rotatable bonds is 6. The summed E-state index contributed by atoms with van der Waals surface area (Å²) in [6, 6.07) is 3.80. The van der Waals surface area contributed by atoms with Gasteiger partial charge in [-0.25, -0.2) is 18.4 Å². The predicted octanol–water partition coefficient (Wildman–Crippen LogP) is 2.04. The fraction of sp³-hybridized carbons (Fsp3) is 0.500. The molecule has 0 spiro atoms. The molecule has 0 aliphatic carbocycles. The largest absolute Gasteiger partial charge is 0.377 e. The molecule has 2 N–H and O–H groups in total. The summed E-state index contributed by atoms with van der Waals surface area (Å²) in [7, 11) is 3.31. The predicted molar refractivity (Wildman–Crippen MR) is 113 cm³/mol. The van der Waals surface area contributed by atoms with E-state index in [1.807, 2.05) is 4.68 Å². The van der Waals surface area contributed by atoms with E-state index in [0.717, 1.165) is 24.7 Å². The summed E-state index contributed by atoms with van der Waals surface area (Å²) in [5.41, 5.74) is 0.468. The van der Waals surface area contributed by atoms with E-state index >= 15 is 0 Å². The molecule has 3 rings (SSSR count). The molecule has 10 heteroatoms. The topological polar surface area (TPSA) is 76.4 Å². The number of aromatic nitrogens is 3. The Labute approximate surface area is 180 Å². The molecule has 0 amide bonds. The number of halogens is 3. The first kappa shape index (κ1) is 22.5. The number of nitrogens with zero attached hydrogens (tertiary/aromatic N) is 4. The van der Waals surface area contributed by atoms with Crippen LogP contribution in [0.4, 0.5) is 8.78 Å². The third kappa shape index (κ3) is 5.84. The highest BCUT2D eigenvalue weighted by Gasteiger charge is 2.22. The Hall–Kier alpha value is -1.82. The second kappa shape index (κ2) is 10.6. The third-order valence-electron chi connectivity index (χ3n) is 4.44. The maximum atomic E-state index is 13.7. The van der Waals surface area contributed by atoms with E-state index in [1.165, 1.54) is 12.1 Å². The second-order valence-electron chi connectivity index (χ2n) is 6.42. The van der Waals surface area contributed by atoms with E-state index in [4.69, 9.17) is 4.74 Å². The van der Waals surface area contributed by atoms with Gasteiger partial charge in [-0.05, 0) is 24.5 Å². The number of hydrogen-bond acceptors (Lipinski definition) is 4. The molecule has 2 aromatic rings. The van der Waals surface area contributed by atoms with Gasteiger partial charge in [0, 0.05) is 39.2 Å². The van der Waals surface area contributed by atoms with Crippen LogP contribution < -0.4 is 10.6 Å². The first-order valence-electron chi connectivity index (χ1n) is 8.91. The minimum Gasteiger partial charge on any atom is -0.377 e. The number of ether oxygens (including phenoxy) is 1. The zero-order chi connectivity index (χ0) is 19.2. The highest BCUT2D eigenvalue weighted by atomic mass is 127. The van der Waals surface area contributed by atoms with Crippen molar-refractivity contribution in [3.63, 3.8) is 0 Å². The monoisotopic (exact) mass is 506 g/mol. The Morgan fingerprint density at radius 2 is 2.21 bits per heavy atom. The van der Waals surface area contributed by atoms with Gasteiger partial charge in [0.25, 0.3) is 0 Å². The van der Waals surface area contributed by atoms with E-state index in [9.17, 15) is 8.78 Å². The first-order valence-corrected chi connectivity index (χ1v) is 8.91. The van der Waals surface area contributed by atoms with Gasteiger partial charge in [-0.2, -0.15) is 5.10 Å². The normalized spacial score (nSPS) is 16.3. The van der Waals surface area contributed by atoms with Crippen molar-refractivity contribution in [2.24, 2.45) is 4.99 Å². The smallest absolute Gasteiger partial charge is 0.191 e. The number of guanidine groups is 1. The van der Waals surface area contributed by atoms with Gasteiger partial charge in [0.2, 0.25) is 0 Å². The van der Waals surface area contributed by atoms with Crippen molar-refractivity contribution in [2.75, 3.05) is 20.7 Å². The number of nitrogens with one attached hydrogen (secondary N) is 2. The molecular formula is C18H25F2IN6O. The number of hydrogen-bond donors (Lipinski definition) is 2. The fourth-order valence-corrected chi connectivity index (χ4v) is 3.10. The van der Waals surface area contributed by atoms with E-state index < -0.39 is 11.6 Å². The van der Waals surface area contributed by atoms with Gasteiger partial charge in [0.15, 0.2) is 11.8 Å². The van der Waals surface area contributed by atoms with E-state index in [0.29, 0.717) is 43.5 Å². The van der Waals surface area contributed by atoms with Crippen LogP contribution in [-0.4, -0.2) is 47.5 Å². The molecule has 0 bridgehead atoms. The molecule has 0 saturated carbocycles. The van der Waals surface area contributed by atoms with Crippen LogP contribution in [0.2, 0.25) is 0 Å². The molecule has 1 aliphatic heterocycles. The van der Waals surface area contributed by atoms with E-state index in [1.54, 1.807) is 14.2 Å². The number of aliphatic imine (C=N–C) groups is 1. The molecule has 0 fully saturated rings. The van der Waals surface area contributed by atoms with Crippen LogP contribution in [-0.2, 0) is 30.7 Å². The molecule has 1 atom stereocenters. The number of benzene rings is 1. The van der Waals surface area contributed by atoms with Gasteiger partial charge in [0.05, 0.1) is 6.54 Å². The SMILES string of the molecule is CN=C(NCCc1ccc(F)cc1F)NC1CCc2nc(COC)nn2C1.I. The van der Waals surface area contributed by atoms with Gasteiger partial charge in [0.1, 0.15) is 24.1 Å². The van der Waals surface area contributed by atoms with Crippen LogP contribution in [0.1, 0.15) is 23.6 Å². The molecule has 1 aromatic carbocycles. The van der Waals surface area contributed by atoms with Crippen LogP contribution in [0.25, 0.3) is 0 Å². The van der Waals surface area contributed by atoms with Crippen LogP contribution in [0.3, 0.4) is 0 Å². The lowest BCUT2D eigenvalue weighted by molar-refractivity contribution is 0.177. The van der Waals surface area contributed by atoms with Gasteiger partial charge >= 0.3 is 0 Å². The molecule has 1 aliphatic rings. The summed E-state index contributed by atoms with van der Waals surface area (Å²) in [6.07, 6.45) is 2.18. The lowest BCUT2D eigenvalue weighted by Crippen LogP contribution is -2.47. The van der Waals surface area contributed by atoms with Gasteiger partial charge in [-0.3, -0.25) is 4.99 Å². The Kier molecular flexibility index (Phi) is 8.55. The lowest BCUT2D eigenvalue weighted by atomic mass is 10.1. The molecule has 2 heterocycles. The van der Waals surface area contributed by atoms with Crippen molar-refractivity contribution < 1.29 is 13.5 Å². The van der Waals surface area contributed by atoms with Crippen LogP contribution in [0.15, 0.2) is 23.2 Å². The molecular weight excluding hydrogens is 481 g/mol. The highest BCUT2D eigenvalue weighted by Crippen LogP contribution is 2.13. The summed E-state index contributed by atoms with van der Waals surface area (Å²) >= 11 is 0. The van der Waals surface area contributed by atoms with Crippen LogP contribution in [0, 0.1) is 11.6 Å². The molecule has 1 unspecified atom stereocenters. The summed E-state index contributed by atoms with van der Waals surface area (Å²) in [5.74, 6) is 1.20. The quantitative estimate of drug-likeness (QED) is 0.357. The van der Waals surface area contributed by atoms with E-state index in [-0.39, 0.29) is 30.0 Å². The van der Waals surface area contributed by atoms with E-state index in [2.05, 4.69) is 25.7 Å². The highest BCUT2D eigenvalue weighted by molar-refractivity contribution is 14.0. The van der Waals surface area contributed by atoms with Gasteiger partial charge < -0.3 is 15.4 Å². The summed E-state index contributed by atoms with van der Waals surface area (Å²) in [5, 5.41) is 11.0. The Morgan fingerprint density at radius 1 is 1.39 bits per heavy atom. The molecule has 0 radical (unpaired) electrons. The Balaban J connectivity index is 0.00000280. The fourth-order valence-electron chi connectivity index (χ4n) is 3.10. The second-order valence-corrected chi connectivity index (χ2v) is 6.42. The number of aryl methyl sites for hydroxylation is 1. The number of fused-ring (bicyclic) bond motifs is 1. The minimum absolute atomic E-state index is 0. The Bertz CT molecular complexity index is 813. The van der Waals surface area contributed by atoms with Crippen molar-refractivity contribution in [3.8, 4) is 0 Å². The summed E-state index contributed by atoms with van der Waals surface area (Å²) in [4.78, 5) is 8.68. The van der Waals surface area contributed by atoms with Crippen LogP contribution in [0.5, 0.6) is 0 Å². The third-order valence-corrected chi connectivity index (χ3v) is 4.44. The minimum atomic E-state index is -0.569. The van der Waals surface area contributed by atoms with Crippen LogP contribution >= 0.6 is 24.0 Å². The zero-order valence-corrected chi connectivity index (χ0v) is 18.2. The molecule has 0 saturated heterocycles. The lowest BCUT2D eigenvalue weighted by Gasteiger charge is -2.25. The van der Waals surface area contributed by atoms with Crippen molar-refractivity contribution >= 4 is 29.9 Å². The molecule has 7 nitrogen and oxygen atoms in total. The maximum absolute atomic E-state index is 13.7. The first-order chi connectivity index (χ1) is 13.1. The number of methoxy groups -OCH3 is 1. The average Bonchev–Trinajstić information content (AvgIpc) is 3.04. The van der Waals surface area contributed by atoms with Gasteiger partial charge in [-0.1, -0.05) is 6.07 Å². The van der Waals surface area contributed by atoms with Crippen molar-refractivity contribution in [3.05, 3.63) is 47.0 Å². The van der Waals surface area contributed by atoms with Crippen molar-refractivity contribution in [1.29, 1.82) is 0 Å². The Morgan fingerprint density at radius 3 is 2.93 bits per heavy atom. The molecule has 1 aromatic heterocycles. The van der Waals surface area contributed by atoms with Crippen molar-refractivity contribution in [2.45, 2.75) is 38.5 Å². The standard InChI is InChI=1S/C18H24F2N6O.HI/c1-21-18(22-8-7-12-3-4-13(19)9-15(12)20)23-14-5-6-17-24-16(11-27-2)25-26(17)10-14;/h3-4,9,14H,5-8,10-11H2,1-2H3,(H2,21,22,23);1H. The van der Waals surface area contributed by atoms with Crippen molar-refractivity contribution in [1.82, 2.24) is 25.4 Å². The zero-order valence-electron chi connectivity index (χ0n) is 15.9. The molecule has 154 valence electrons. The summed E-state index contributed by atoms with van der Waals surface area (Å²) < 4.78 is 33.6.